The molecule has 17 heavy (non-hydrogen) atoms. The number of halogens is 2. The van der Waals surface area contributed by atoms with Crippen molar-refractivity contribution in [1.29, 1.82) is 0 Å². The van der Waals surface area contributed by atoms with Crippen LogP contribution in [0.25, 0.3) is 10.6 Å². The maximum atomic E-state index is 6.10. The van der Waals surface area contributed by atoms with Crippen molar-refractivity contribution in [3.8, 4) is 10.6 Å². The summed E-state index contributed by atoms with van der Waals surface area (Å²) >= 11 is 9.89. The highest BCUT2D eigenvalue weighted by Gasteiger charge is 2.12. The Balaban J connectivity index is 2.33. The molecule has 0 saturated carbocycles. The van der Waals surface area contributed by atoms with Gasteiger partial charge in [0, 0.05) is 9.13 Å². The van der Waals surface area contributed by atoms with Crippen molar-refractivity contribution < 1.29 is 0 Å². The van der Waals surface area contributed by atoms with E-state index in [-0.39, 0.29) is 6.04 Å². The van der Waals surface area contributed by atoms with E-state index in [4.69, 9.17) is 11.6 Å². The molecule has 0 amide bonds. The van der Waals surface area contributed by atoms with Gasteiger partial charge in [0.2, 0.25) is 0 Å². The van der Waals surface area contributed by atoms with Crippen LogP contribution in [0, 0.1) is 3.57 Å². The molecule has 1 unspecified atom stereocenters. The summed E-state index contributed by atoms with van der Waals surface area (Å²) in [5.41, 5.74) is 1.02. The second kappa shape index (κ2) is 5.60. The molecule has 2 aromatic rings. The molecule has 6 heteroatoms. The molecule has 3 nitrogen and oxygen atoms in total. The second-order valence-electron chi connectivity index (χ2n) is 3.58. The van der Waals surface area contributed by atoms with Crippen LogP contribution in [0.5, 0.6) is 0 Å². The van der Waals surface area contributed by atoms with Crippen LogP contribution in [-0.4, -0.2) is 17.2 Å². The highest BCUT2D eigenvalue weighted by molar-refractivity contribution is 14.1. The number of nitrogens with zero attached hydrogens (tertiary/aromatic N) is 2. The SMILES string of the molecule is CNC(C)c1nnc(-c2ccc(I)c(Cl)c2)s1. The Bertz CT molecular complexity index is 529. The first kappa shape index (κ1) is 13.2. The Morgan fingerprint density at radius 3 is 2.82 bits per heavy atom. The van der Waals surface area contributed by atoms with Gasteiger partial charge in [0.25, 0.3) is 0 Å². The van der Waals surface area contributed by atoms with E-state index in [1.165, 1.54) is 0 Å². The third-order valence-corrected chi connectivity index (χ3v) is 5.14. The standard InChI is InChI=1S/C11H11ClIN3S/c1-6(14-2)10-15-16-11(17-10)7-3-4-9(13)8(12)5-7/h3-6,14H,1-2H3. The van der Waals surface area contributed by atoms with Gasteiger partial charge in [-0.25, -0.2) is 0 Å². The van der Waals surface area contributed by atoms with Gasteiger partial charge < -0.3 is 5.32 Å². The molecule has 1 heterocycles. The van der Waals surface area contributed by atoms with E-state index in [0.717, 1.165) is 24.2 Å². The van der Waals surface area contributed by atoms with Gasteiger partial charge in [0.1, 0.15) is 10.0 Å². The van der Waals surface area contributed by atoms with Crippen molar-refractivity contribution in [2.24, 2.45) is 0 Å². The molecule has 0 aliphatic heterocycles. The minimum absolute atomic E-state index is 0.223. The topological polar surface area (TPSA) is 37.8 Å². The van der Waals surface area contributed by atoms with Gasteiger partial charge in [0.15, 0.2) is 0 Å². The van der Waals surface area contributed by atoms with Crippen LogP contribution >= 0.6 is 45.5 Å². The minimum atomic E-state index is 0.223. The zero-order valence-electron chi connectivity index (χ0n) is 9.37. The second-order valence-corrected chi connectivity index (χ2v) is 6.16. The first-order chi connectivity index (χ1) is 8.11. The largest absolute Gasteiger partial charge is 0.311 e. The van der Waals surface area contributed by atoms with E-state index in [1.54, 1.807) is 11.3 Å². The lowest BCUT2D eigenvalue weighted by Gasteiger charge is -2.03. The molecule has 1 atom stereocenters. The van der Waals surface area contributed by atoms with E-state index in [9.17, 15) is 0 Å². The normalized spacial score (nSPS) is 12.7. The first-order valence-corrected chi connectivity index (χ1v) is 7.35. The lowest BCUT2D eigenvalue weighted by atomic mass is 10.2. The van der Waals surface area contributed by atoms with Gasteiger partial charge in [-0.2, -0.15) is 0 Å². The van der Waals surface area contributed by atoms with Gasteiger partial charge in [0.05, 0.1) is 11.1 Å². The van der Waals surface area contributed by atoms with Crippen LogP contribution in [0.2, 0.25) is 5.02 Å². The average Bonchev–Trinajstić information content (AvgIpc) is 2.81. The third-order valence-electron chi connectivity index (χ3n) is 2.41. The highest BCUT2D eigenvalue weighted by atomic mass is 127. The third kappa shape index (κ3) is 2.96. The summed E-state index contributed by atoms with van der Waals surface area (Å²) in [4.78, 5) is 0. The lowest BCUT2D eigenvalue weighted by Crippen LogP contribution is -2.11. The minimum Gasteiger partial charge on any atom is -0.311 e. The molecule has 0 spiro atoms. The molecular weight excluding hydrogens is 369 g/mol. The van der Waals surface area contributed by atoms with Crippen molar-refractivity contribution in [2.75, 3.05) is 7.05 Å². The van der Waals surface area contributed by atoms with Gasteiger partial charge in [-0.1, -0.05) is 29.0 Å². The summed E-state index contributed by atoms with van der Waals surface area (Å²) in [6.45, 7) is 2.06. The Morgan fingerprint density at radius 2 is 2.18 bits per heavy atom. The fraction of sp³-hybridized carbons (Fsp3) is 0.273. The maximum Gasteiger partial charge on any atom is 0.147 e. The molecule has 1 N–H and O–H groups in total. The molecule has 1 aromatic heterocycles. The predicted octanol–water partition coefficient (Wildman–Crippen LogP) is 3.74. The van der Waals surface area contributed by atoms with Crippen molar-refractivity contribution in [2.45, 2.75) is 13.0 Å². The van der Waals surface area contributed by atoms with E-state index in [1.807, 2.05) is 25.2 Å². The Morgan fingerprint density at radius 1 is 1.41 bits per heavy atom. The van der Waals surface area contributed by atoms with Crippen molar-refractivity contribution in [1.82, 2.24) is 15.5 Å². The smallest absolute Gasteiger partial charge is 0.147 e. The highest BCUT2D eigenvalue weighted by Crippen LogP contribution is 2.30. The quantitative estimate of drug-likeness (QED) is 0.826. The summed E-state index contributed by atoms with van der Waals surface area (Å²) in [6.07, 6.45) is 0. The molecule has 0 aliphatic rings. The molecule has 90 valence electrons. The monoisotopic (exact) mass is 379 g/mol. The fourth-order valence-electron chi connectivity index (χ4n) is 1.28. The Labute approximate surface area is 123 Å². The molecule has 0 fully saturated rings. The fourth-order valence-corrected chi connectivity index (χ4v) is 2.70. The summed E-state index contributed by atoms with van der Waals surface area (Å²) in [6, 6.07) is 6.15. The number of rotatable bonds is 3. The van der Waals surface area contributed by atoms with Gasteiger partial charge >= 0.3 is 0 Å². The summed E-state index contributed by atoms with van der Waals surface area (Å²) in [5, 5.41) is 14.2. The molecule has 0 bridgehead atoms. The van der Waals surface area contributed by atoms with Crippen LogP contribution in [0.4, 0.5) is 0 Å². The summed E-state index contributed by atoms with van der Waals surface area (Å²) in [5.74, 6) is 0. The van der Waals surface area contributed by atoms with Crippen molar-refractivity contribution >= 4 is 45.5 Å². The molecule has 0 aliphatic carbocycles. The average molecular weight is 380 g/mol. The summed E-state index contributed by atoms with van der Waals surface area (Å²) < 4.78 is 1.04. The van der Waals surface area contributed by atoms with Crippen LogP contribution in [0.1, 0.15) is 18.0 Å². The van der Waals surface area contributed by atoms with Crippen molar-refractivity contribution in [3.05, 3.63) is 31.8 Å². The van der Waals surface area contributed by atoms with Crippen molar-refractivity contribution in [3.63, 3.8) is 0 Å². The zero-order valence-corrected chi connectivity index (χ0v) is 13.1. The first-order valence-electron chi connectivity index (χ1n) is 5.08. The number of nitrogens with one attached hydrogen (secondary N) is 1. The lowest BCUT2D eigenvalue weighted by molar-refractivity contribution is 0.640. The zero-order chi connectivity index (χ0) is 12.4. The molecule has 0 saturated heterocycles. The van der Waals surface area contributed by atoms with Crippen LogP contribution < -0.4 is 5.32 Å². The number of hydrogen-bond donors (Lipinski definition) is 1. The van der Waals surface area contributed by atoms with Crippen LogP contribution in [0.15, 0.2) is 18.2 Å². The number of aromatic nitrogens is 2. The van der Waals surface area contributed by atoms with Crippen LogP contribution in [0.3, 0.4) is 0 Å². The molecule has 2 rings (SSSR count). The van der Waals surface area contributed by atoms with E-state index in [2.05, 4.69) is 45.0 Å². The van der Waals surface area contributed by atoms with Gasteiger partial charge in [-0.05, 0) is 48.7 Å². The van der Waals surface area contributed by atoms with Crippen LogP contribution in [-0.2, 0) is 0 Å². The Hall–Kier alpha value is -0.240. The molecule has 0 radical (unpaired) electrons. The summed E-state index contributed by atoms with van der Waals surface area (Å²) in [7, 11) is 1.91. The number of benzene rings is 1. The predicted molar refractivity (Wildman–Crippen MR) is 80.5 cm³/mol. The van der Waals surface area contributed by atoms with E-state index >= 15 is 0 Å². The van der Waals surface area contributed by atoms with Gasteiger partial charge in [-0.15, -0.1) is 10.2 Å². The number of hydrogen-bond acceptors (Lipinski definition) is 4. The Kier molecular flexibility index (Phi) is 4.35. The van der Waals surface area contributed by atoms with E-state index in [0.29, 0.717) is 0 Å². The van der Waals surface area contributed by atoms with Gasteiger partial charge in [-0.3, -0.25) is 0 Å². The molecule has 1 aromatic carbocycles. The molecular formula is C11H11ClIN3S. The maximum absolute atomic E-state index is 6.10. The van der Waals surface area contributed by atoms with E-state index < -0.39 is 0 Å².